The maximum atomic E-state index is 12.5. The third-order valence-electron chi connectivity index (χ3n) is 3.49. The van der Waals surface area contributed by atoms with Crippen LogP contribution in [0, 0.1) is 0 Å². The number of quaternary nitrogens is 1. The number of rotatable bonds is 7. The molecule has 2 aromatic carbocycles. The van der Waals surface area contributed by atoms with Gasteiger partial charge in [0, 0.05) is 22.8 Å². The summed E-state index contributed by atoms with van der Waals surface area (Å²) >= 11 is 0. The van der Waals surface area contributed by atoms with Gasteiger partial charge in [-0.3, -0.25) is 8.98 Å². The third-order valence-corrected chi connectivity index (χ3v) is 3.90. The van der Waals surface area contributed by atoms with E-state index in [0.717, 1.165) is 18.7 Å². The lowest BCUT2D eigenvalue weighted by atomic mass is 10.0. The Morgan fingerprint density at radius 1 is 1.10 bits per heavy atom. The van der Waals surface area contributed by atoms with Gasteiger partial charge in [0.15, 0.2) is 5.78 Å². The highest BCUT2D eigenvalue weighted by molar-refractivity contribution is 7.80. The molecule has 0 radical (unpaired) electrons. The van der Waals surface area contributed by atoms with Gasteiger partial charge in [-0.1, -0.05) is 43.0 Å². The van der Waals surface area contributed by atoms with Crippen molar-refractivity contribution < 1.29 is 36.4 Å². The molecule has 156 valence electrons. The van der Waals surface area contributed by atoms with Gasteiger partial charge in [0.25, 0.3) is 0 Å². The van der Waals surface area contributed by atoms with Crippen molar-refractivity contribution in [2.24, 2.45) is 0 Å². The van der Waals surface area contributed by atoms with Crippen molar-refractivity contribution >= 4 is 22.2 Å². The van der Waals surface area contributed by atoms with E-state index >= 15 is 0 Å². The number of hydrogen-bond donors (Lipinski definition) is 1. The predicted molar refractivity (Wildman–Crippen MR) is 105 cm³/mol. The highest BCUT2D eigenvalue weighted by Crippen LogP contribution is 2.22. The third kappa shape index (κ3) is 8.79. The molecular formula is C20H23NO7S. The highest BCUT2D eigenvalue weighted by atomic mass is 32.3. The van der Waals surface area contributed by atoms with Crippen LogP contribution in [-0.4, -0.2) is 45.9 Å². The summed E-state index contributed by atoms with van der Waals surface area (Å²) in [7, 11) is 0.400. The summed E-state index contributed by atoms with van der Waals surface area (Å²) in [6.45, 7) is 4.09. The summed E-state index contributed by atoms with van der Waals surface area (Å²) in [5.41, 5.74) is 1.95. The van der Waals surface area contributed by atoms with Crippen LogP contribution in [0.3, 0.4) is 0 Å². The van der Waals surface area contributed by atoms with Crippen molar-refractivity contribution in [2.75, 3.05) is 21.2 Å². The van der Waals surface area contributed by atoms with Crippen molar-refractivity contribution in [1.29, 1.82) is 0 Å². The molecule has 0 aliphatic heterocycles. The quantitative estimate of drug-likeness (QED) is 0.175. The van der Waals surface area contributed by atoms with Crippen LogP contribution >= 0.6 is 0 Å². The maximum absolute atomic E-state index is 12.5. The van der Waals surface area contributed by atoms with E-state index in [9.17, 15) is 22.6 Å². The second-order valence-corrected chi connectivity index (χ2v) is 7.25. The van der Waals surface area contributed by atoms with E-state index in [-0.39, 0.29) is 5.78 Å². The average Bonchev–Trinajstić information content (AvgIpc) is 2.69. The molecule has 0 bridgehead atoms. The lowest BCUT2D eigenvalue weighted by Gasteiger charge is -2.13. The molecule has 0 saturated heterocycles. The van der Waals surface area contributed by atoms with Crippen molar-refractivity contribution in [3.05, 3.63) is 77.9 Å². The van der Waals surface area contributed by atoms with Gasteiger partial charge in [-0.15, -0.1) is 0 Å². The first-order chi connectivity index (χ1) is 13.6. The van der Waals surface area contributed by atoms with Crippen molar-refractivity contribution in [2.45, 2.75) is 6.54 Å². The number of esters is 1. The summed E-state index contributed by atoms with van der Waals surface area (Å²) in [5, 5.41) is 0. The van der Waals surface area contributed by atoms with Gasteiger partial charge < -0.3 is 14.2 Å². The Kier molecular flexibility index (Phi) is 9.36. The van der Waals surface area contributed by atoms with Gasteiger partial charge >= 0.3 is 5.97 Å². The predicted octanol–water partition coefficient (Wildman–Crippen LogP) is 0.746. The van der Waals surface area contributed by atoms with Gasteiger partial charge in [-0.05, 0) is 12.1 Å². The SMILES string of the molecule is C=CC(=O)Oc1cc(C(=O)c2ccccc2)ccc1C[NH+](C)C.COS(=O)(=O)[O-]. The molecule has 0 aliphatic rings. The average molecular weight is 421 g/mol. The normalized spacial score (nSPS) is 10.7. The molecular weight excluding hydrogens is 398 g/mol. The zero-order chi connectivity index (χ0) is 22.0. The number of carbonyl (C=O) groups is 2. The molecule has 1 N–H and O–H groups in total. The Balaban J connectivity index is 0.000000612. The first-order valence-electron chi connectivity index (χ1n) is 8.44. The lowest BCUT2D eigenvalue weighted by Crippen LogP contribution is -3.04. The molecule has 8 nitrogen and oxygen atoms in total. The number of ketones is 1. The van der Waals surface area contributed by atoms with Crippen LogP contribution < -0.4 is 9.64 Å². The Hall–Kier alpha value is -2.85. The Bertz CT molecular complexity index is 954. The molecule has 0 heterocycles. The second-order valence-electron chi connectivity index (χ2n) is 6.10. The largest absolute Gasteiger partial charge is 0.726 e. The lowest BCUT2D eigenvalue weighted by molar-refractivity contribution is -0.872. The molecule has 29 heavy (non-hydrogen) atoms. The number of carbonyl (C=O) groups excluding carboxylic acids is 2. The molecule has 0 atom stereocenters. The van der Waals surface area contributed by atoms with Gasteiger partial charge in [-0.25, -0.2) is 13.2 Å². The number of benzene rings is 2. The fraction of sp³-hybridized carbons (Fsp3) is 0.200. The first-order valence-corrected chi connectivity index (χ1v) is 9.78. The van der Waals surface area contributed by atoms with Gasteiger partial charge in [0.2, 0.25) is 10.4 Å². The van der Waals surface area contributed by atoms with Crippen LogP contribution in [0.4, 0.5) is 0 Å². The van der Waals surface area contributed by atoms with E-state index in [4.69, 9.17) is 4.74 Å². The molecule has 2 rings (SSSR count). The minimum atomic E-state index is -4.41. The fourth-order valence-corrected chi connectivity index (χ4v) is 2.22. The van der Waals surface area contributed by atoms with E-state index < -0.39 is 16.4 Å². The van der Waals surface area contributed by atoms with E-state index in [1.54, 1.807) is 24.3 Å². The molecule has 0 spiro atoms. The van der Waals surface area contributed by atoms with Crippen LogP contribution in [0.15, 0.2) is 61.2 Å². The Labute approximate surface area is 170 Å². The van der Waals surface area contributed by atoms with Crippen molar-refractivity contribution in [3.8, 4) is 5.75 Å². The topological polar surface area (TPSA) is 114 Å². The number of ether oxygens (including phenoxy) is 1. The van der Waals surface area contributed by atoms with Crippen LogP contribution in [0.5, 0.6) is 5.75 Å². The minimum absolute atomic E-state index is 0.106. The molecule has 0 saturated carbocycles. The Morgan fingerprint density at radius 2 is 1.69 bits per heavy atom. The monoisotopic (exact) mass is 421 g/mol. The molecule has 0 aromatic heterocycles. The van der Waals surface area contributed by atoms with Gasteiger partial charge in [0.05, 0.1) is 21.2 Å². The summed E-state index contributed by atoms with van der Waals surface area (Å²) in [4.78, 5) is 25.2. The van der Waals surface area contributed by atoms with Crippen LogP contribution in [0.25, 0.3) is 0 Å². The highest BCUT2D eigenvalue weighted by Gasteiger charge is 2.15. The maximum Gasteiger partial charge on any atom is 0.335 e. The van der Waals surface area contributed by atoms with Gasteiger partial charge in [0.1, 0.15) is 12.3 Å². The van der Waals surface area contributed by atoms with Crippen LogP contribution in [0.2, 0.25) is 0 Å². The van der Waals surface area contributed by atoms with Crippen LogP contribution in [0.1, 0.15) is 21.5 Å². The van der Waals surface area contributed by atoms with E-state index in [2.05, 4.69) is 10.8 Å². The molecule has 9 heteroatoms. The number of nitrogens with one attached hydrogen (secondary N) is 1. The summed E-state index contributed by atoms with van der Waals surface area (Å²) < 4.78 is 36.3. The van der Waals surface area contributed by atoms with Crippen molar-refractivity contribution in [3.63, 3.8) is 0 Å². The molecule has 0 fully saturated rings. The van der Waals surface area contributed by atoms with E-state index in [0.29, 0.717) is 23.4 Å². The van der Waals surface area contributed by atoms with E-state index in [1.165, 1.54) is 4.90 Å². The standard InChI is InChI=1S/C19H19NO3.CH4O4S/c1-4-18(21)23-17-12-15(10-11-16(17)13-20(2)3)19(22)14-8-6-5-7-9-14;1-5-6(2,3)4/h4-12H,1,13H2,2-3H3;1H3,(H,2,3,4). The van der Waals surface area contributed by atoms with Crippen molar-refractivity contribution in [1.82, 2.24) is 0 Å². The summed E-state index contributed by atoms with van der Waals surface area (Å²) in [5.74, 6) is -0.243. The fourth-order valence-electron chi connectivity index (χ4n) is 2.22. The smallest absolute Gasteiger partial charge is 0.335 e. The summed E-state index contributed by atoms with van der Waals surface area (Å²) in [6, 6.07) is 14.2. The Morgan fingerprint density at radius 3 is 2.17 bits per heavy atom. The molecule has 0 amide bonds. The number of hydrogen-bond acceptors (Lipinski definition) is 7. The zero-order valence-corrected chi connectivity index (χ0v) is 17.2. The summed E-state index contributed by atoms with van der Waals surface area (Å²) in [6.07, 6.45) is 1.11. The van der Waals surface area contributed by atoms with E-state index in [1.807, 2.05) is 38.4 Å². The first kappa shape index (κ1) is 24.2. The minimum Gasteiger partial charge on any atom is -0.726 e. The van der Waals surface area contributed by atoms with Gasteiger partial charge in [-0.2, -0.15) is 0 Å². The molecule has 2 aromatic rings. The molecule has 0 aliphatic carbocycles. The second kappa shape index (κ2) is 11.2. The zero-order valence-electron chi connectivity index (χ0n) is 16.4. The molecule has 0 unspecified atom stereocenters. The van der Waals surface area contributed by atoms with Crippen LogP contribution in [-0.2, 0) is 25.9 Å².